The van der Waals surface area contributed by atoms with Gasteiger partial charge in [-0.3, -0.25) is 4.72 Å². The van der Waals surface area contributed by atoms with Gasteiger partial charge in [-0.05, 0) is 13.3 Å². The number of rotatable bonds is 5. The van der Waals surface area contributed by atoms with Gasteiger partial charge in [0.05, 0.1) is 5.75 Å². The summed E-state index contributed by atoms with van der Waals surface area (Å²) in [6.07, 6.45) is 4.71. The van der Waals surface area contributed by atoms with Gasteiger partial charge in [0.25, 0.3) is 0 Å². The molecule has 0 aromatic rings. The molecule has 0 aliphatic heterocycles. The fourth-order valence-corrected chi connectivity index (χ4v) is 1.69. The number of hydrogen-bond donors (Lipinski definition) is 1. The summed E-state index contributed by atoms with van der Waals surface area (Å²) in [6, 6.07) is 0. The van der Waals surface area contributed by atoms with Crippen LogP contribution < -0.4 is 4.72 Å². The highest BCUT2D eigenvalue weighted by Gasteiger charge is 2.04. The van der Waals surface area contributed by atoms with E-state index in [0.717, 1.165) is 6.42 Å². The molecule has 0 amide bonds. The molecule has 0 fully saturated rings. The molecule has 66 valence electrons. The lowest BCUT2D eigenvalue weighted by atomic mass is 10.4. The monoisotopic (exact) mass is 177 g/mol. The maximum absolute atomic E-state index is 11.0. The zero-order chi connectivity index (χ0) is 8.74. The standard InChI is InChI=1S/C7H15NO2S/c1-3-5-7-11(9,10)8-6-4-2/h4,6,8H,3,5,7H2,1-2H3. The average Bonchev–Trinajstić information content (AvgIpc) is 1.97. The van der Waals surface area contributed by atoms with Crippen LogP contribution in [0, 0.1) is 0 Å². The van der Waals surface area contributed by atoms with Gasteiger partial charge in [0.2, 0.25) is 10.0 Å². The van der Waals surface area contributed by atoms with Crippen molar-refractivity contribution in [2.75, 3.05) is 5.75 Å². The predicted octanol–water partition coefficient (Wildman–Crippen LogP) is 1.24. The molecule has 4 heteroatoms. The summed E-state index contributed by atoms with van der Waals surface area (Å²) in [4.78, 5) is 0. The minimum Gasteiger partial charge on any atom is -0.291 e. The molecule has 1 N–H and O–H groups in total. The van der Waals surface area contributed by atoms with Gasteiger partial charge in [-0.15, -0.1) is 0 Å². The zero-order valence-corrected chi connectivity index (χ0v) is 7.82. The molecule has 0 aromatic heterocycles. The van der Waals surface area contributed by atoms with Crippen LogP contribution in [0.4, 0.5) is 0 Å². The maximum atomic E-state index is 11.0. The van der Waals surface area contributed by atoms with Crippen LogP contribution >= 0.6 is 0 Å². The average molecular weight is 177 g/mol. The third kappa shape index (κ3) is 5.91. The van der Waals surface area contributed by atoms with E-state index in [-0.39, 0.29) is 5.75 Å². The zero-order valence-electron chi connectivity index (χ0n) is 7.00. The van der Waals surface area contributed by atoms with Crippen LogP contribution in [-0.4, -0.2) is 14.2 Å². The van der Waals surface area contributed by atoms with Gasteiger partial charge >= 0.3 is 0 Å². The minimum absolute atomic E-state index is 0.216. The SMILES string of the molecule is CC=CNS(=O)(=O)CCCC. The van der Waals surface area contributed by atoms with Crippen LogP contribution in [0.25, 0.3) is 0 Å². The molecule has 0 atom stereocenters. The molecule has 0 spiro atoms. The molecule has 0 aromatic carbocycles. The molecule has 0 bridgehead atoms. The third-order valence-corrected chi connectivity index (χ3v) is 2.50. The van der Waals surface area contributed by atoms with E-state index in [4.69, 9.17) is 0 Å². The molecule has 0 saturated carbocycles. The second kappa shape index (κ2) is 5.18. The van der Waals surface area contributed by atoms with Gasteiger partial charge in [0.15, 0.2) is 0 Å². The Labute approximate surface area is 68.5 Å². The van der Waals surface area contributed by atoms with Crippen LogP contribution in [0.2, 0.25) is 0 Å². The van der Waals surface area contributed by atoms with Gasteiger partial charge in [0.1, 0.15) is 0 Å². The van der Waals surface area contributed by atoms with E-state index in [2.05, 4.69) is 4.72 Å². The van der Waals surface area contributed by atoms with Crippen molar-refractivity contribution in [3.05, 3.63) is 12.3 Å². The molecule has 0 radical (unpaired) electrons. The minimum atomic E-state index is -3.04. The van der Waals surface area contributed by atoms with Crippen molar-refractivity contribution in [2.45, 2.75) is 26.7 Å². The van der Waals surface area contributed by atoms with Crippen LogP contribution in [0.3, 0.4) is 0 Å². The first-order chi connectivity index (χ1) is 5.12. The Bertz CT molecular complexity index is 206. The van der Waals surface area contributed by atoms with E-state index in [1.807, 2.05) is 6.92 Å². The second-order valence-corrected chi connectivity index (χ2v) is 4.16. The van der Waals surface area contributed by atoms with Crippen molar-refractivity contribution < 1.29 is 8.42 Å². The third-order valence-electron chi connectivity index (χ3n) is 1.18. The number of nitrogens with one attached hydrogen (secondary N) is 1. The highest BCUT2D eigenvalue weighted by atomic mass is 32.2. The molecule has 0 saturated heterocycles. The first-order valence-electron chi connectivity index (χ1n) is 3.73. The van der Waals surface area contributed by atoms with E-state index in [1.54, 1.807) is 13.0 Å². The number of hydrogen-bond acceptors (Lipinski definition) is 2. The molecule has 0 aliphatic rings. The van der Waals surface area contributed by atoms with Gasteiger partial charge < -0.3 is 0 Å². The lowest BCUT2D eigenvalue weighted by molar-refractivity contribution is 0.587. The van der Waals surface area contributed by atoms with Crippen LogP contribution in [0.15, 0.2) is 12.3 Å². The lowest BCUT2D eigenvalue weighted by Crippen LogP contribution is -2.20. The summed E-state index contributed by atoms with van der Waals surface area (Å²) in [5, 5.41) is 0. The number of sulfonamides is 1. The predicted molar refractivity (Wildman–Crippen MR) is 46.6 cm³/mol. The first kappa shape index (κ1) is 10.5. The summed E-state index contributed by atoms with van der Waals surface area (Å²) < 4.78 is 24.3. The summed E-state index contributed by atoms with van der Waals surface area (Å²) in [5.74, 6) is 0.216. The molecule has 0 aliphatic carbocycles. The van der Waals surface area contributed by atoms with E-state index in [0.29, 0.717) is 6.42 Å². The fraction of sp³-hybridized carbons (Fsp3) is 0.714. The normalized spacial score (nSPS) is 12.2. The smallest absolute Gasteiger partial charge is 0.232 e. The highest BCUT2D eigenvalue weighted by molar-refractivity contribution is 7.89. The molecular formula is C7H15NO2S. The Balaban J connectivity index is 3.82. The molecule has 0 heterocycles. The van der Waals surface area contributed by atoms with Gasteiger partial charge in [-0.25, -0.2) is 8.42 Å². The lowest BCUT2D eigenvalue weighted by Gasteiger charge is -2.00. The van der Waals surface area contributed by atoms with Crippen LogP contribution in [-0.2, 0) is 10.0 Å². The summed E-state index contributed by atoms with van der Waals surface area (Å²) >= 11 is 0. The van der Waals surface area contributed by atoms with Crippen molar-refractivity contribution in [3.8, 4) is 0 Å². The highest BCUT2D eigenvalue weighted by Crippen LogP contribution is 1.92. The summed E-state index contributed by atoms with van der Waals surface area (Å²) in [7, 11) is -3.04. The number of allylic oxidation sites excluding steroid dienone is 1. The van der Waals surface area contributed by atoms with Crippen molar-refractivity contribution in [1.29, 1.82) is 0 Å². The molecule has 0 rings (SSSR count). The maximum Gasteiger partial charge on any atom is 0.232 e. The first-order valence-corrected chi connectivity index (χ1v) is 5.38. The molecular weight excluding hydrogens is 162 g/mol. The van der Waals surface area contributed by atoms with E-state index in [9.17, 15) is 8.42 Å². The Morgan fingerprint density at radius 3 is 2.55 bits per heavy atom. The quantitative estimate of drug-likeness (QED) is 0.686. The van der Waals surface area contributed by atoms with Crippen LogP contribution in [0.1, 0.15) is 26.7 Å². The van der Waals surface area contributed by atoms with Gasteiger partial charge in [0, 0.05) is 6.20 Å². The Morgan fingerprint density at radius 1 is 1.45 bits per heavy atom. The Morgan fingerprint density at radius 2 is 2.09 bits per heavy atom. The number of unbranched alkanes of at least 4 members (excludes halogenated alkanes) is 1. The van der Waals surface area contributed by atoms with E-state index >= 15 is 0 Å². The van der Waals surface area contributed by atoms with Crippen molar-refractivity contribution in [1.82, 2.24) is 4.72 Å². The summed E-state index contributed by atoms with van der Waals surface area (Å²) in [5.41, 5.74) is 0. The Kier molecular flexibility index (Phi) is 4.94. The van der Waals surface area contributed by atoms with Gasteiger partial charge in [-0.2, -0.15) is 0 Å². The van der Waals surface area contributed by atoms with Crippen molar-refractivity contribution in [2.24, 2.45) is 0 Å². The second-order valence-electron chi connectivity index (χ2n) is 2.29. The molecule has 11 heavy (non-hydrogen) atoms. The van der Waals surface area contributed by atoms with Crippen molar-refractivity contribution in [3.63, 3.8) is 0 Å². The topological polar surface area (TPSA) is 46.2 Å². The van der Waals surface area contributed by atoms with Gasteiger partial charge in [-0.1, -0.05) is 19.4 Å². The Hall–Kier alpha value is -0.510. The van der Waals surface area contributed by atoms with E-state index < -0.39 is 10.0 Å². The largest absolute Gasteiger partial charge is 0.291 e. The van der Waals surface area contributed by atoms with Crippen molar-refractivity contribution >= 4 is 10.0 Å². The van der Waals surface area contributed by atoms with E-state index in [1.165, 1.54) is 6.20 Å². The summed E-state index contributed by atoms with van der Waals surface area (Å²) in [6.45, 7) is 3.73. The molecule has 0 unspecified atom stereocenters. The fourth-order valence-electron chi connectivity index (χ4n) is 0.565. The molecule has 3 nitrogen and oxygen atoms in total. The van der Waals surface area contributed by atoms with Crippen LogP contribution in [0.5, 0.6) is 0 Å².